The largest absolute Gasteiger partial charge is 0.449 e. The fraction of sp³-hybridized carbons (Fsp3) is 0.619. The number of amides is 2. The molecule has 1 spiro atoms. The van der Waals surface area contributed by atoms with E-state index in [2.05, 4.69) is 17.1 Å². The number of anilines is 1. The van der Waals surface area contributed by atoms with Crippen LogP contribution in [0.1, 0.15) is 57.4 Å². The summed E-state index contributed by atoms with van der Waals surface area (Å²) < 4.78 is 5.28. The van der Waals surface area contributed by atoms with Gasteiger partial charge in [0.25, 0.3) is 0 Å². The second-order valence-corrected chi connectivity index (χ2v) is 7.93. The van der Waals surface area contributed by atoms with E-state index in [1.54, 1.807) is 0 Å². The lowest BCUT2D eigenvalue weighted by molar-refractivity contribution is -0.132. The van der Waals surface area contributed by atoms with E-state index in [1.165, 1.54) is 12.8 Å². The predicted molar refractivity (Wildman–Crippen MR) is 102 cm³/mol. The monoisotopic (exact) mass is 358 g/mol. The number of hydrogen-bond donors (Lipinski definition) is 1. The Kier molecular flexibility index (Phi) is 5.84. The average Bonchev–Trinajstić information content (AvgIpc) is 2.93. The molecule has 2 aliphatic rings. The number of carbonyl (C=O) groups excluding carboxylic acids is 2. The lowest BCUT2D eigenvalue weighted by Gasteiger charge is -2.43. The summed E-state index contributed by atoms with van der Waals surface area (Å²) in [5.41, 5.74) is 1.95. The Morgan fingerprint density at radius 1 is 1.23 bits per heavy atom. The van der Waals surface area contributed by atoms with Crippen molar-refractivity contribution in [3.05, 3.63) is 29.8 Å². The van der Waals surface area contributed by atoms with Crippen LogP contribution >= 0.6 is 0 Å². The highest BCUT2D eigenvalue weighted by molar-refractivity contribution is 5.84. The van der Waals surface area contributed by atoms with Gasteiger partial charge in [0.05, 0.1) is 6.61 Å². The van der Waals surface area contributed by atoms with Gasteiger partial charge >= 0.3 is 6.09 Å². The quantitative estimate of drug-likeness (QED) is 0.788. The Morgan fingerprint density at radius 2 is 1.92 bits per heavy atom. The van der Waals surface area contributed by atoms with E-state index in [0.717, 1.165) is 36.4 Å². The van der Waals surface area contributed by atoms with Crippen LogP contribution in [0.5, 0.6) is 0 Å². The van der Waals surface area contributed by atoms with Gasteiger partial charge in [-0.05, 0) is 63.5 Å². The third kappa shape index (κ3) is 4.37. The Bertz CT molecular complexity index is 633. The van der Waals surface area contributed by atoms with E-state index >= 15 is 0 Å². The highest BCUT2D eigenvalue weighted by atomic mass is 16.5. The van der Waals surface area contributed by atoms with Crippen LogP contribution in [0.25, 0.3) is 0 Å². The van der Waals surface area contributed by atoms with Crippen LogP contribution < -0.4 is 5.32 Å². The number of nitrogens with one attached hydrogen (secondary N) is 1. The average molecular weight is 358 g/mol. The Labute approximate surface area is 156 Å². The molecule has 3 rings (SSSR count). The molecule has 142 valence electrons. The number of aryl methyl sites for hydroxylation is 1. The second-order valence-electron chi connectivity index (χ2n) is 7.93. The molecule has 0 bridgehead atoms. The van der Waals surface area contributed by atoms with Crippen molar-refractivity contribution in [2.75, 3.05) is 18.5 Å². The van der Waals surface area contributed by atoms with Gasteiger partial charge in [0.15, 0.2) is 0 Å². The minimum absolute atomic E-state index is 0.0771. The summed E-state index contributed by atoms with van der Waals surface area (Å²) in [6, 6.07) is 7.60. The van der Waals surface area contributed by atoms with Gasteiger partial charge in [-0.1, -0.05) is 24.6 Å². The number of ether oxygens (including phenoxy) is 1. The fourth-order valence-electron chi connectivity index (χ4n) is 4.23. The third-order valence-electron chi connectivity index (χ3n) is 5.94. The Morgan fingerprint density at radius 3 is 2.62 bits per heavy atom. The molecule has 0 radical (unpaired) electrons. The number of benzene rings is 1. The third-order valence-corrected chi connectivity index (χ3v) is 5.94. The molecule has 1 saturated carbocycles. The molecule has 1 saturated heterocycles. The van der Waals surface area contributed by atoms with Crippen LogP contribution in [0.4, 0.5) is 10.5 Å². The molecule has 1 aromatic carbocycles. The number of nitrogens with zero attached hydrogens (tertiary/aromatic N) is 1. The molecule has 2 amide bonds. The summed E-state index contributed by atoms with van der Waals surface area (Å²) in [5.74, 6) is 1.04. The first-order chi connectivity index (χ1) is 12.5. The van der Waals surface area contributed by atoms with Gasteiger partial charge in [-0.25, -0.2) is 4.79 Å². The minimum atomic E-state index is -0.442. The van der Waals surface area contributed by atoms with Crippen LogP contribution in [0.15, 0.2) is 24.3 Å². The molecule has 26 heavy (non-hydrogen) atoms. The van der Waals surface area contributed by atoms with Crippen LogP contribution in [0, 0.1) is 12.8 Å². The molecule has 1 N–H and O–H groups in total. The highest BCUT2D eigenvalue weighted by Crippen LogP contribution is 2.43. The number of likely N-dealkylation sites (tertiary alicyclic amines) is 1. The summed E-state index contributed by atoms with van der Waals surface area (Å²) in [6.45, 7) is 5.31. The van der Waals surface area contributed by atoms with Crippen molar-refractivity contribution >= 4 is 17.7 Å². The van der Waals surface area contributed by atoms with Gasteiger partial charge in [-0.2, -0.15) is 0 Å². The molecule has 0 unspecified atom stereocenters. The molecule has 0 aromatic heterocycles. The van der Waals surface area contributed by atoms with Crippen LogP contribution in [-0.4, -0.2) is 35.6 Å². The van der Waals surface area contributed by atoms with Crippen LogP contribution in [0.2, 0.25) is 0 Å². The lowest BCUT2D eigenvalue weighted by atomic mass is 9.75. The first kappa shape index (κ1) is 18.7. The molecular formula is C21H30N2O3. The molecule has 2 fully saturated rings. The van der Waals surface area contributed by atoms with Gasteiger partial charge in [0, 0.05) is 24.2 Å². The van der Waals surface area contributed by atoms with Crippen molar-refractivity contribution in [2.24, 2.45) is 5.92 Å². The van der Waals surface area contributed by atoms with Crippen molar-refractivity contribution in [3.8, 4) is 0 Å². The number of carbonyl (C=O) groups is 2. The first-order valence-electron chi connectivity index (χ1n) is 9.79. The van der Waals surface area contributed by atoms with E-state index in [0.29, 0.717) is 26.0 Å². The van der Waals surface area contributed by atoms with Crippen molar-refractivity contribution < 1.29 is 14.3 Å². The summed E-state index contributed by atoms with van der Waals surface area (Å²) in [4.78, 5) is 26.3. The summed E-state index contributed by atoms with van der Waals surface area (Å²) in [5, 5.41) is 2.73. The second kappa shape index (κ2) is 8.11. The van der Waals surface area contributed by atoms with Gasteiger partial charge < -0.3 is 9.64 Å². The smallest absolute Gasteiger partial charge is 0.411 e. The first-order valence-corrected chi connectivity index (χ1v) is 9.79. The summed E-state index contributed by atoms with van der Waals surface area (Å²) in [6.07, 6.45) is 6.56. The Hall–Kier alpha value is -2.04. The SMILES string of the molecule is Cc1ccc(NC(=O)OCCCN2C(=O)CCC23CCC(C)CC3)cc1. The maximum absolute atomic E-state index is 12.3. The van der Waals surface area contributed by atoms with Crippen molar-refractivity contribution in [1.29, 1.82) is 0 Å². The molecule has 5 nitrogen and oxygen atoms in total. The maximum atomic E-state index is 12.3. The fourth-order valence-corrected chi connectivity index (χ4v) is 4.23. The van der Waals surface area contributed by atoms with Crippen LogP contribution in [0.3, 0.4) is 0 Å². The zero-order valence-corrected chi connectivity index (χ0v) is 15.9. The predicted octanol–water partition coefficient (Wildman–Crippen LogP) is 4.50. The van der Waals surface area contributed by atoms with Gasteiger partial charge in [-0.3, -0.25) is 10.1 Å². The maximum Gasteiger partial charge on any atom is 0.411 e. The molecule has 1 aromatic rings. The Balaban J connectivity index is 1.42. The standard InChI is InChI=1S/C21H30N2O3/c1-16-4-6-18(7-5-16)22-20(25)26-15-3-14-23-19(24)10-13-21(23)11-8-17(2)9-12-21/h4-7,17H,3,8-15H2,1-2H3,(H,22,25). The molecular weight excluding hydrogens is 328 g/mol. The summed E-state index contributed by atoms with van der Waals surface area (Å²) in [7, 11) is 0. The van der Waals surface area contributed by atoms with Crippen LogP contribution in [-0.2, 0) is 9.53 Å². The van der Waals surface area contributed by atoms with Crippen molar-refractivity contribution in [2.45, 2.75) is 64.3 Å². The molecule has 0 atom stereocenters. The van der Waals surface area contributed by atoms with Gasteiger partial charge in [0.2, 0.25) is 5.91 Å². The molecule has 5 heteroatoms. The van der Waals surface area contributed by atoms with E-state index in [4.69, 9.17) is 4.74 Å². The van der Waals surface area contributed by atoms with E-state index in [-0.39, 0.29) is 11.4 Å². The van der Waals surface area contributed by atoms with Crippen molar-refractivity contribution in [3.63, 3.8) is 0 Å². The number of hydrogen-bond acceptors (Lipinski definition) is 3. The normalized spacial score (nSPS) is 25.5. The van der Waals surface area contributed by atoms with Gasteiger partial charge in [-0.15, -0.1) is 0 Å². The molecule has 1 heterocycles. The van der Waals surface area contributed by atoms with E-state index in [1.807, 2.05) is 31.2 Å². The zero-order valence-electron chi connectivity index (χ0n) is 15.9. The molecule has 1 aliphatic heterocycles. The number of rotatable bonds is 5. The summed E-state index contributed by atoms with van der Waals surface area (Å²) >= 11 is 0. The lowest BCUT2D eigenvalue weighted by Crippen LogP contribution is -2.48. The highest BCUT2D eigenvalue weighted by Gasteiger charge is 2.46. The van der Waals surface area contributed by atoms with Gasteiger partial charge in [0.1, 0.15) is 0 Å². The zero-order chi connectivity index (χ0) is 18.6. The van der Waals surface area contributed by atoms with E-state index in [9.17, 15) is 9.59 Å². The topological polar surface area (TPSA) is 58.6 Å². The minimum Gasteiger partial charge on any atom is -0.449 e. The molecule has 1 aliphatic carbocycles. The van der Waals surface area contributed by atoms with E-state index < -0.39 is 6.09 Å². The van der Waals surface area contributed by atoms with Crippen molar-refractivity contribution in [1.82, 2.24) is 4.90 Å².